The van der Waals surface area contributed by atoms with Gasteiger partial charge in [-0.1, -0.05) is 23.5 Å². The molecule has 96 valence electrons. The number of nitrogens with zero attached hydrogens (tertiary/aromatic N) is 2. The second-order valence-electron chi connectivity index (χ2n) is 4.75. The van der Waals surface area contributed by atoms with Crippen LogP contribution in [0.1, 0.15) is 12.8 Å². The van der Waals surface area contributed by atoms with Crippen molar-refractivity contribution in [1.29, 1.82) is 0 Å². The van der Waals surface area contributed by atoms with Crippen LogP contribution in [0.2, 0.25) is 0 Å². The van der Waals surface area contributed by atoms with Crippen LogP contribution >= 0.6 is 11.3 Å². The zero-order chi connectivity index (χ0) is 12.8. The normalized spacial score (nSPS) is 15.7. The van der Waals surface area contributed by atoms with Gasteiger partial charge in [-0.2, -0.15) is 4.98 Å². The number of para-hydroxylation sites is 1. The molecule has 4 nitrogen and oxygen atoms in total. The van der Waals surface area contributed by atoms with E-state index >= 15 is 0 Å². The van der Waals surface area contributed by atoms with Crippen molar-refractivity contribution in [1.82, 2.24) is 4.98 Å². The van der Waals surface area contributed by atoms with Crippen LogP contribution in [-0.4, -0.2) is 18.1 Å². The first kappa shape index (κ1) is 11.0. The molecule has 4 rings (SSSR count). The van der Waals surface area contributed by atoms with Crippen molar-refractivity contribution in [3.63, 3.8) is 0 Å². The predicted octanol–water partition coefficient (Wildman–Crippen LogP) is 3.00. The van der Waals surface area contributed by atoms with Crippen LogP contribution in [0.4, 0.5) is 5.13 Å². The second-order valence-corrected chi connectivity index (χ2v) is 5.73. The zero-order valence-electron chi connectivity index (χ0n) is 10.3. The highest BCUT2D eigenvalue weighted by Gasteiger charge is 2.19. The summed E-state index contributed by atoms with van der Waals surface area (Å²) in [4.78, 5) is 19.1. The van der Waals surface area contributed by atoms with Crippen molar-refractivity contribution < 1.29 is 4.42 Å². The van der Waals surface area contributed by atoms with Gasteiger partial charge in [0.1, 0.15) is 10.3 Å². The zero-order valence-corrected chi connectivity index (χ0v) is 11.1. The Kier molecular flexibility index (Phi) is 2.35. The highest BCUT2D eigenvalue weighted by molar-refractivity contribution is 7.22. The highest BCUT2D eigenvalue weighted by atomic mass is 32.1. The molecular formula is C14H12N2O2S. The Morgan fingerprint density at radius 2 is 2.00 bits per heavy atom. The molecule has 5 heteroatoms. The second kappa shape index (κ2) is 4.06. The highest BCUT2D eigenvalue weighted by Crippen LogP contribution is 2.30. The molecule has 3 heterocycles. The topological polar surface area (TPSA) is 46.3 Å². The lowest BCUT2D eigenvalue weighted by Crippen LogP contribution is -2.16. The molecule has 3 aromatic rings. The number of thiazole rings is 1. The van der Waals surface area contributed by atoms with E-state index in [-0.39, 0.29) is 5.43 Å². The molecular weight excluding hydrogens is 260 g/mol. The van der Waals surface area contributed by atoms with Crippen molar-refractivity contribution in [3.8, 4) is 0 Å². The van der Waals surface area contributed by atoms with E-state index < -0.39 is 0 Å². The maximum atomic E-state index is 12.4. The first-order valence-corrected chi connectivity index (χ1v) is 7.22. The van der Waals surface area contributed by atoms with E-state index in [1.165, 1.54) is 24.2 Å². The standard InChI is InChI=1S/C14H12N2O2S/c17-11-9-5-1-2-6-10(9)18-13-12(11)19-14(15-13)16-7-3-4-8-16/h1-2,5-6H,3-4,7-8H2. The molecule has 1 aliphatic rings. The van der Waals surface area contributed by atoms with E-state index in [2.05, 4.69) is 9.88 Å². The number of anilines is 1. The molecule has 0 saturated carbocycles. The maximum absolute atomic E-state index is 12.4. The van der Waals surface area contributed by atoms with Crippen molar-refractivity contribution in [3.05, 3.63) is 34.5 Å². The molecule has 1 saturated heterocycles. The van der Waals surface area contributed by atoms with Crippen LogP contribution in [0.5, 0.6) is 0 Å². The number of rotatable bonds is 1. The summed E-state index contributed by atoms with van der Waals surface area (Å²) in [5, 5.41) is 1.54. The fourth-order valence-electron chi connectivity index (χ4n) is 2.52. The summed E-state index contributed by atoms with van der Waals surface area (Å²) in [5.41, 5.74) is 1.11. The SMILES string of the molecule is O=c1c2ccccc2oc2nc(N3CCCC3)sc12. The van der Waals surface area contributed by atoms with Gasteiger partial charge in [0, 0.05) is 13.1 Å². The monoisotopic (exact) mass is 272 g/mol. The van der Waals surface area contributed by atoms with Gasteiger partial charge < -0.3 is 9.32 Å². The van der Waals surface area contributed by atoms with Gasteiger partial charge in [-0.25, -0.2) is 0 Å². The Morgan fingerprint density at radius 1 is 1.21 bits per heavy atom. The van der Waals surface area contributed by atoms with Crippen molar-refractivity contribution in [2.75, 3.05) is 18.0 Å². The van der Waals surface area contributed by atoms with Crippen LogP contribution in [0, 0.1) is 0 Å². The molecule has 0 atom stereocenters. The summed E-state index contributed by atoms with van der Waals surface area (Å²) < 4.78 is 6.37. The molecule has 19 heavy (non-hydrogen) atoms. The fraction of sp³-hybridized carbons (Fsp3) is 0.286. The quantitative estimate of drug-likeness (QED) is 0.683. The summed E-state index contributed by atoms with van der Waals surface area (Å²) in [7, 11) is 0. The molecule has 1 fully saturated rings. The van der Waals surface area contributed by atoms with Gasteiger partial charge >= 0.3 is 0 Å². The summed E-state index contributed by atoms with van der Waals surface area (Å²) in [6, 6.07) is 7.33. The number of hydrogen-bond donors (Lipinski definition) is 0. The summed E-state index contributed by atoms with van der Waals surface area (Å²) in [6.07, 6.45) is 2.39. The van der Waals surface area contributed by atoms with Crippen LogP contribution in [0.15, 0.2) is 33.5 Å². The number of hydrogen-bond acceptors (Lipinski definition) is 5. The van der Waals surface area contributed by atoms with Gasteiger partial charge in [-0.15, -0.1) is 0 Å². The summed E-state index contributed by atoms with van der Waals surface area (Å²) in [5.74, 6) is 0. The van der Waals surface area contributed by atoms with E-state index in [9.17, 15) is 4.79 Å². The Bertz CT molecular complexity index is 815. The smallest absolute Gasteiger partial charge is 0.243 e. The van der Waals surface area contributed by atoms with Gasteiger partial charge in [0.25, 0.3) is 0 Å². The first-order chi connectivity index (χ1) is 9.33. The van der Waals surface area contributed by atoms with Crippen LogP contribution in [0.3, 0.4) is 0 Å². The average Bonchev–Trinajstić information content (AvgIpc) is 3.07. The number of fused-ring (bicyclic) bond motifs is 2. The number of aromatic nitrogens is 1. The lowest BCUT2D eigenvalue weighted by Gasteiger charge is -2.11. The summed E-state index contributed by atoms with van der Waals surface area (Å²) >= 11 is 1.44. The third kappa shape index (κ3) is 1.65. The van der Waals surface area contributed by atoms with Gasteiger partial charge in [0.2, 0.25) is 11.1 Å². The van der Waals surface area contributed by atoms with Crippen molar-refractivity contribution >= 4 is 37.9 Å². The van der Waals surface area contributed by atoms with E-state index in [0.29, 0.717) is 21.4 Å². The molecule has 0 unspecified atom stereocenters. The Labute approximate surface area is 113 Å². The van der Waals surface area contributed by atoms with E-state index in [1.807, 2.05) is 18.2 Å². The predicted molar refractivity (Wildman–Crippen MR) is 77.1 cm³/mol. The van der Waals surface area contributed by atoms with Crippen LogP contribution < -0.4 is 10.3 Å². The minimum atomic E-state index is 0.0276. The van der Waals surface area contributed by atoms with Gasteiger partial charge in [-0.05, 0) is 25.0 Å². The largest absolute Gasteiger partial charge is 0.437 e. The minimum absolute atomic E-state index is 0.0276. The van der Waals surface area contributed by atoms with Crippen LogP contribution in [0.25, 0.3) is 21.4 Å². The van der Waals surface area contributed by atoms with Gasteiger partial charge in [0.05, 0.1) is 5.39 Å². The molecule has 2 aromatic heterocycles. The van der Waals surface area contributed by atoms with Gasteiger partial charge in [0.15, 0.2) is 5.13 Å². The Morgan fingerprint density at radius 3 is 2.84 bits per heavy atom. The van der Waals surface area contributed by atoms with E-state index in [1.54, 1.807) is 6.07 Å². The molecule has 0 bridgehead atoms. The van der Waals surface area contributed by atoms with E-state index in [0.717, 1.165) is 18.2 Å². The lowest BCUT2D eigenvalue weighted by molar-refractivity contribution is 0.647. The fourth-order valence-corrected chi connectivity index (χ4v) is 3.52. The third-order valence-corrected chi connectivity index (χ3v) is 4.60. The molecule has 0 N–H and O–H groups in total. The van der Waals surface area contributed by atoms with Crippen LogP contribution in [-0.2, 0) is 0 Å². The lowest BCUT2D eigenvalue weighted by atomic mass is 10.2. The molecule has 0 aliphatic carbocycles. The molecule has 1 aliphatic heterocycles. The van der Waals surface area contributed by atoms with Gasteiger partial charge in [-0.3, -0.25) is 4.79 Å². The molecule has 0 spiro atoms. The molecule has 0 radical (unpaired) electrons. The Balaban J connectivity index is 1.99. The molecule has 0 amide bonds. The molecule has 1 aromatic carbocycles. The third-order valence-electron chi connectivity index (χ3n) is 3.51. The number of benzene rings is 1. The minimum Gasteiger partial charge on any atom is -0.437 e. The van der Waals surface area contributed by atoms with Crippen molar-refractivity contribution in [2.24, 2.45) is 0 Å². The average molecular weight is 272 g/mol. The van der Waals surface area contributed by atoms with E-state index in [4.69, 9.17) is 4.42 Å². The maximum Gasteiger partial charge on any atom is 0.243 e. The first-order valence-electron chi connectivity index (χ1n) is 6.40. The van der Waals surface area contributed by atoms with Crippen molar-refractivity contribution in [2.45, 2.75) is 12.8 Å². The summed E-state index contributed by atoms with van der Waals surface area (Å²) in [6.45, 7) is 2.04. The Hall–Kier alpha value is -1.88.